The lowest BCUT2D eigenvalue weighted by Crippen LogP contribution is -2.33. The molecule has 1 N–H and O–H groups in total. The van der Waals surface area contributed by atoms with Crippen LogP contribution in [0, 0.1) is 5.92 Å². The maximum absolute atomic E-state index is 11.5. The Bertz CT molecular complexity index is 458. The number of ether oxygens (including phenoxy) is 2. The predicted octanol–water partition coefficient (Wildman–Crippen LogP) is 3.54. The van der Waals surface area contributed by atoms with Crippen LogP contribution in [0.25, 0.3) is 0 Å². The second-order valence-corrected chi connectivity index (χ2v) is 6.58. The Morgan fingerprint density at radius 1 is 1.24 bits per heavy atom. The topological polar surface area (TPSA) is 47.6 Å². The van der Waals surface area contributed by atoms with Crippen molar-refractivity contribution in [3.8, 4) is 5.75 Å². The minimum absolute atomic E-state index is 0.369. The minimum atomic E-state index is -0.454. The van der Waals surface area contributed by atoms with E-state index in [1.807, 2.05) is 45.0 Å². The SMILES string of the molecule is CC(C)(C)OC(=O)NCCc1ccc(OCC2CC2)cc1. The van der Waals surface area contributed by atoms with Crippen molar-refractivity contribution in [1.82, 2.24) is 5.32 Å². The van der Waals surface area contributed by atoms with E-state index in [1.54, 1.807) is 0 Å². The van der Waals surface area contributed by atoms with Gasteiger partial charge in [0.2, 0.25) is 0 Å². The molecule has 1 aromatic carbocycles. The quantitative estimate of drug-likeness (QED) is 0.872. The summed E-state index contributed by atoms with van der Waals surface area (Å²) in [5, 5.41) is 2.76. The third-order valence-electron chi connectivity index (χ3n) is 3.19. The van der Waals surface area contributed by atoms with Crippen molar-refractivity contribution in [1.29, 1.82) is 0 Å². The molecular formula is C17H25NO3. The van der Waals surface area contributed by atoms with Gasteiger partial charge in [-0.05, 0) is 63.6 Å². The van der Waals surface area contributed by atoms with Gasteiger partial charge in [-0.1, -0.05) is 12.1 Å². The molecule has 1 saturated carbocycles. The normalized spacial score (nSPS) is 14.6. The molecule has 0 atom stereocenters. The molecule has 1 fully saturated rings. The molecule has 21 heavy (non-hydrogen) atoms. The van der Waals surface area contributed by atoms with E-state index in [1.165, 1.54) is 18.4 Å². The first-order chi connectivity index (χ1) is 9.92. The molecule has 0 saturated heterocycles. The van der Waals surface area contributed by atoms with Gasteiger partial charge in [0.15, 0.2) is 0 Å². The number of carbonyl (C=O) groups is 1. The lowest BCUT2D eigenvalue weighted by atomic mass is 10.1. The first-order valence-electron chi connectivity index (χ1n) is 7.61. The monoisotopic (exact) mass is 291 g/mol. The van der Waals surface area contributed by atoms with Gasteiger partial charge in [-0.3, -0.25) is 0 Å². The van der Waals surface area contributed by atoms with Crippen LogP contribution in [0.2, 0.25) is 0 Å². The van der Waals surface area contributed by atoms with E-state index in [9.17, 15) is 4.79 Å². The van der Waals surface area contributed by atoms with Crippen LogP contribution in [-0.2, 0) is 11.2 Å². The first kappa shape index (κ1) is 15.7. The fourth-order valence-corrected chi connectivity index (χ4v) is 1.87. The van der Waals surface area contributed by atoms with E-state index in [4.69, 9.17) is 9.47 Å². The Balaban J connectivity index is 1.67. The third kappa shape index (κ3) is 6.52. The van der Waals surface area contributed by atoms with Crippen molar-refractivity contribution in [2.24, 2.45) is 5.92 Å². The fourth-order valence-electron chi connectivity index (χ4n) is 1.87. The molecule has 4 nitrogen and oxygen atoms in total. The highest BCUT2D eigenvalue weighted by Crippen LogP contribution is 2.29. The lowest BCUT2D eigenvalue weighted by molar-refractivity contribution is 0.0528. The molecule has 116 valence electrons. The molecule has 0 aliphatic heterocycles. The largest absolute Gasteiger partial charge is 0.493 e. The van der Waals surface area contributed by atoms with Crippen LogP contribution in [-0.4, -0.2) is 24.8 Å². The molecule has 0 bridgehead atoms. The van der Waals surface area contributed by atoms with Gasteiger partial charge in [0.1, 0.15) is 11.4 Å². The summed E-state index contributed by atoms with van der Waals surface area (Å²) >= 11 is 0. The van der Waals surface area contributed by atoms with Crippen molar-refractivity contribution in [3.05, 3.63) is 29.8 Å². The second kappa shape index (κ2) is 6.83. The Morgan fingerprint density at radius 2 is 1.90 bits per heavy atom. The number of benzene rings is 1. The van der Waals surface area contributed by atoms with E-state index in [0.717, 1.165) is 24.7 Å². The molecule has 2 rings (SSSR count). The van der Waals surface area contributed by atoms with Crippen LogP contribution in [0.15, 0.2) is 24.3 Å². The maximum atomic E-state index is 11.5. The molecule has 0 aromatic heterocycles. The molecule has 0 spiro atoms. The summed E-state index contributed by atoms with van der Waals surface area (Å²) in [7, 11) is 0. The number of alkyl carbamates (subject to hydrolysis) is 1. The van der Waals surface area contributed by atoms with Crippen molar-refractivity contribution < 1.29 is 14.3 Å². The summed E-state index contributed by atoms with van der Waals surface area (Å²) in [6.45, 7) is 6.96. The standard InChI is InChI=1S/C17H25NO3/c1-17(2,3)21-16(19)18-11-10-13-6-8-15(9-7-13)20-12-14-4-5-14/h6-9,14H,4-5,10-12H2,1-3H3,(H,18,19). The van der Waals surface area contributed by atoms with Crippen LogP contribution in [0.1, 0.15) is 39.2 Å². The average Bonchev–Trinajstić information content (AvgIpc) is 3.20. The van der Waals surface area contributed by atoms with Crippen LogP contribution in [0.4, 0.5) is 4.79 Å². The molecule has 0 radical (unpaired) electrons. The van der Waals surface area contributed by atoms with Gasteiger partial charge in [-0.15, -0.1) is 0 Å². The van der Waals surface area contributed by atoms with Crippen LogP contribution < -0.4 is 10.1 Å². The molecule has 1 amide bonds. The zero-order valence-corrected chi connectivity index (χ0v) is 13.1. The molecule has 1 aliphatic rings. The van der Waals surface area contributed by atoms with Crippen molar-refractivity contribution in [2.45, 2.75) is 45.6 Å². The summed E-state index contributed by atoms with van der Waals surface area (Å²) in [4.78, 5) is 11.5. The summed E-state index contributed by atoms with van der Waals surface area (Å²) in [6, 6.07) is 8.06. The Labute approximate surface area is 126 Å². The van der Waals surface area contributed by atoms with E-state index in [-0.39, 0.29) is 6.09 Å². The number of carbonyl (C=O) groups excluding carboxylic acids is 1. The van der Waals surface area contributed by atoms with Gasteiger partial charge in [-0.2, -0.15) is 0 Å². The maximum Gasteiger partial charge on any atom is 0.407 e. The number of amides is 1. The van der Waals surface area contributed by atoms with Gasteiger partial charge in [0.25, 0.3) is 0 Å². The molecule has 4 heteroatoms. The summed E-state index contributed by atoms with van der Waals surface area (Å²) in [5.41, 5.74) is 0.717. The molecular weight excluding hydrogens is 266 g/mol. The van der Waals surface area contributed by atoms with Crippen LogP contribution in [0.3, 0.4) is 0 Å². The summed E-state index contributed by atoms with van der Waals surface area (Å²) in [5.74, 6) is 1.69. The molecule has 0 unspecified atom stereocenters. The smallest absolute Gasteiger partial charge is 0.407 e. The zero-order valence-electron chi connectivity index (χ0n) is 13.1. The number of nitrogens with one attached hydrogen (secondary N) is 1. The molecule has 1 aromatic rings. The van der Waals surface area contributed by atoms with Gasteiger partial charge in [-0.25, -0.2) is 4.79 Å². The van der Waals surface area contributed by atoms with Gasteiger partial charge in [0.05, 0.1) is 6.61 Å². The Hall–Kier alpha value is -1.71. The minimum Gasteiger partial charge on any atom is -0.493 e. The van der Waals surface area contributed by atoms with E-state index < -0.39 is 5.60 Å². The van der Waals surface area contributed by atoms with Gasteiger partial charge in [0, 0.05) is 6.54 Å². The highest BCUT2D eigenvalue weighted by atomic mass is 16.6. The Morgan fingerprint density at radius 3 is 2.48 bits per heavy atom. The highest BCUT2D eigenvalue weighted by Gasteiger charge is 2.21. The average molecular weight is 291 g/mol. The van der Waals surface area contributed by atoms with Crippen molar-refractivity contribution in [2.75, 3.05) is 13.2 Å². The van der Waals surface area contributed by atoms with Crippen LogP contribution >= 0.6 is 0 Å². The highest BCUT2D eigenvalue weighted by molar-refractivity contribution is 5.67. The number of hydrogen-bond donors (Lipinski definition) is 1. The lowest BCUT2D eigenvalue weighted by Gasteiger charge is -2.19. The van der Waals surface area contributed by atoms with E-state index >= 15 is 0 Å². The zero-order chi connectivity index (χ0) is 15.3. The van der Waals surface area contributed by atoms with Crippen molar-refractivity contribution >= 4 is 6.09 Å². The molecule has 0 heterocycles. The predicted molar refractivity (Wildman–Crippen MR) is 82.6 cm³/mol. The second-order valence-electron chi connectivity index (χ2n) is 6.58. The summed E-state index contributed by atoms with van der Waals surface area (Å²) < 4.78 is 10.9. The number of rotatable bonds is 6. The summed E-state index contributed by atoms with van der Waals surface area (Å²) in [6.07, 6.45) is 3.01. The first-order valence-corrected chi connectivity index (χ1v) is 7.61. The van der Waals surface area contributed by atoms with Crippen LogP contribution in [0.5, 0.6) is 5.75 Å². The van der Waals surface area contributed by atoms with Crippen molar-refractivity contribution in [3.63, 3.8) is 0 Å². The van der Waals surface area contributed by atoms with E-state index in [0.29, 0.717) is 6.54 Å². The van der Waals surface area contributed by atoms with E-state index in [2.05, 4.69) is 5.32 Å². The number of hydrogen-bond acceptors (Lipinski definition) is 3. The van der Waals surface area contributed by atoms with Gasteiger partial charge < -0.3 is 14.8 Å². The molecule has 1 aliphatic carbocycles. The third-order valence-corrected chi connectivity index (χ3v) is 3.19. The fraction of sp³-hybridized carbons (Fsp3) is 0.588. The Kier molecular flexibility index (Phi) is 5.10. The van der Waals surface area contributed by atoms with Gasteiger partial charge >= 0.3 is 6.09 Å².